The van der Waals surface area contributed by atoms with E-state index in [4.69, 9.17) is 16.3 Å². The Hall–Kier alpha value is -2.97. The van der Waals surface area contributed by atoms with Crippen LogP contribution in [0.2, 0.25) is 5.02 Å². The number of benzene rings is 2. The van der Waals surface area contributed by atoms with Crippen molar-refractivity contribution in [2.24, 2.45) is 0 Å². The van der Waals surface area contributed by atoms with E-state index in [0.29, 0.717) is 40.1 Å². The molecule has 1 aliphatic rings. The van der Waals surface area contributed by atoms with Crippen molar-refractivity contribution >= 4 is 40.4 Å². The highest BCUT2D eigenvalue weighted by molar-refractivity contribution is 7.13. The van der Waals surface area contributed by atoms with Gasteiger partial charge in [0.15, 0.2) is 0 Å². The van der Waals surface area contributed by atoms with Gasteiger partial charge in [0.25, 0.3) is 11.8 Å². The number of likely N-dealkylation sites (tertiary alicyclic amines) is 1. The summed E-state index contributed by atoms with van der Waals surface area (Å²) in [6.45, 7) is 1.25. The Bertz CT molecular complexity index is 1070. The molecule has 0 bridgehead atoms. The molecule has 2 aromatic carbocycles. The standard InChI is InChI=1S/C22H21ClN4O3S/c1-30-18-10-4-14(5-11-18)22(29)27-12-2-3-15(13-27)20-25-26-21(31-20)19(28)24-17-8-6-16(23)7-9-17/h4-11,15H,2-3,12-13H2,1H3,(H,24,28)/t15-/m1/s1. The monoisotopic (exact) mass is 456 g/mol. The van der Waals surface area contributed by atoms with Crippen molar-refractivity contribution in [2.75, 3.05) is 25.5 Å². The molecule has 1 N–H and O–H groups in total. The summed E-state index contributed by atoms with van der Waals surface area (Å²) in [7, 11) is 1.60. The zero-order chi connectivity index (χ0) is 21.8. The number of methoxy groups -OCH3 is 1. The minimum atomic E-state index is -0.312. The van der Waals surface area contributed by atoms with Crippen molar-refractivity contribution in [1.82, 2.24) is 15.1 Å². The summed E-state index contributed by atoms with van der Waals surface area (Å²) in [6.07, 6.45) is 1.78. The van der Waals surface area contributed by atoms with Crippen LogP contribution in [-0.2, 0) is 0 Å². The van der Waals surface area contributed by atoms with Gasteiger partial charge in [-0.3, -0.25) is 9.59 Å². The van der Waals surface area contributed by atoms with Crippen molar-refractivity contribution in [3.8, 4) is 5.75 Å². The zero-order valence-electron chi connectivity index (χ0n) is 16.9. The third-order valence-corrected chi connectivity index (χ3v) is 6.47. The van der Waals surface area contributed by atoms with Gasteiger partial charge in [-0.25, -0.2) is 0 Å². The van der Waals surface area contributed by atoms with Gasteiger partial charge in [-0.1, -0.05) is 22.9 Å². The molecule has 31 heavy (non-hydrogen) atoms. The average Bonchev–Trinajstić information content (AvgIpc) is 3.31. The van der Waals surface area contributed by atoms with Crippen LogP contribution in [0.1, 0.15) is 43.9 Å². The van der Waals surface area contributed by atoms with Gasteiger partial charge in [-0.2, -0.15) is 0 Å². The number of carbonyl (C=O) groups is 2. The molecule has 1 saturated heterocycles. The zero-order valence-corrected chi connectivity index (χ0v) is 18.4. The molecule has 3 aromatic rings. The first kappa shape index (κ1) is 21.3. The summed E-state index contributed by atoms with van der Waals surface area (Å²) in [5.74, 6) is 0.447. The van der Waals surface area contributed by atoms with Crippen LogP contribution in [-0.4, -0.2) is 47.1 Å². The number of anilines is 1. The molecule has 0 radical (unpaired) electrons. The SMILES string of the molecule is COc1ccc(C(=O)N2CCC[C@@H](c3nnc(C(=O)Nc4ccc(Cl)cc4)s3)C2)cc1. The maximum absolute atomic E-state index is 12.9. The lowest BCUT2D eigenvalue weighted by molar-refractivity contribution is 0.0706. The van der Waals surface area contributed by atoms with E-state index in [9.17, 15) is 9.59 Å². The predicted molar refractivity (Wildman–Crippen MR) is 120 cm³/mol. The fraction of sp³-hybridized carbons (Fsp3) is 0.273. The molecule has 1 aromatic heterocycles. The topological polar surface area (TPSA) is 84.4 Å². The Labute approximate surface area is 189 Å². The molecule has 160 valence electrons. The fourth-order valence-electron chi connectivity index (χ4n) is 3.49. The molecule has 0 aliphatic carbocycles. The summed E-state index contributed by atoms with van der Waals surface area (Å²) in [6, 6.07) is 14.0. The Morgan fingerprint density at radius 2 is 1.87 bits per heavy atom. The van der Waals surface area contributed by atoms with Crippen molar-refractivity contribution in [1.29, 1.82) is 0 Å². The number of carbonyl (C=O) groups excluding carboxylic acids is 2. The first-order chi connectivity index (χ1) is 15.0. The molecule has 0 unspecified atom stereocenters. The van der Waals surface area contributed by atoms with E-state index in [1.54, 1.807) is 55.6 Å². The maximum atomic E-state index is 12.9. The Balaban J connectivity index is 1.41. The van der Waals surface area contributed by atoms with E-state index in [-0.39, 0.29) is 17.7 Å². The number of piperidine rings is 1. The molecule has 1 atom stereocenters. The van der Waals surface area contributed by atoms with Crippen molar-refractivity contribution < 1.29 is 14.3 Å². The summed E-state index contributed by atoms with van der Waals surface area (Å²) in [5.41, 5.74) is 1.27. The van der Waals surface area contributed by atoms with Gasteiger partial charge in [0.2, 0.25) is 5.01 Å². The third kappa shape index (κ3) is 5.03. The van der Waals surface area contributed by atoms with Crippen LogP contribution < -0.4 is 10.1 Å². The van der Waals surface area contributed by atoms with Gasteiger partial charge in [0.1, 0.15) is 10.8 Å². The maximum Gasteiger partial charge on any atom is 0.286 e. The minimum absolute atomic E-state index is 0.0161. The van der Waals surface area contributed by atoms with Crippen LogP contribution >= 0.6 is 22.9 Å². The van der Waals surface area contributed by atoms with Gasteiger partial charge < -0.3 is 15.0 Å². The van der Waals surface area contributed by atoms with E-state index in [0.717, 1.165) is 17.8 Å². The third-order valence-electron chi connectivity index (χ3n) is 5.13. The first-order valence-electron chi connectivity index (χ1n) is 9.87. The summed E-state index contributed by atoms with van der Waals surface area (Å²) >= 11 is 7.14. The predicted octanol–water partition coefficient (Wildman–Crippen LogP) is 4.47. The minimum Gasteiger partial charge on any atom is -0.497 e. The second-order valence-corrected chi connectivity index (χ2v) is 8.67. The van der Waals surface area contributed by atoms with E-state index >= 15 is 0 Å². The second-order valence-electron chi connectivity index (χ2n) is 7.23. The van der Waals surface area contributed by atoms with Crippen LogP contribution in [0.5, 0.6) is 5.75 Å². The molecule has 2 heterocycles. The number of rotatable bonds is 5. The normalized spacial score (nSPS) is 16.1. The van der Waals surface area contributed by atoms with Gasteiger partial charge in [0.05, 0.1) is 7.11 Å². The quantitative estimate of drug-likeness (QED) is 0.612. The Morgan fingerprint density at radius 1 is 1.13 bits per heavy atom. The lowest BCUT2D eigenvalue weighted by atomic mass is 9.98. The highest BCUT2D eigenvalue weighted by Crippen LogP contribution is 2.30. The molecule has 7 nitrogen and oxygen atoms in total. The summed E-state index contributed by atoms with van der Waals surface area (Å²) in [4.78, 5) is 27.2. The van der Waals surface area contributed by atoms with Gasteiger partial charge >= 0.3 is 0 Å². The molecular formula is C22H21ClN4O3S. The van der Waals surface area contributed by atoms with Crippen LogP contribution in [0.4, 0.5) is 5.69 Å². The molecule has 2 amide bonds. The molecular weight excluding hydrogens is 436 g/mol. The van der Waals surface area contributed by atoms with Crippen LogP contribution in [0.25, 0.3) is 0 Å². The summed E-state index contributed by atoms with van der Waals surface area (Å²) < 4.78 is 5.16. The van der Waals surface area contributed by atoms with Crippen LogP contribution in [0.15, 0.2) is 48.5 Å². The molecule has 0 saturated carbocycles. The van der Waals surface area contributed by atoms with Gasteiger partial charge in [-0.15, -0.1) is 10.2 Å². The number of ether oxygens (including phenoxy) is 1. The second kappa shape index (κ2) is 9.45. The largest absolute Gasteiger partial charge is 0.497 e. The average molecular weight is 457 g/mol. The highest BCUT2D eigenvalue weighted by Gasteiger charge is 2.28. The summed E-state index contributed by atoms with van der Waals surface area (Å²) in [5, 5.41) is 12.8. The number of nitrogens with zero attached hydrogens (tertiary/aromatic N) is 3. The van der Waals surface area contributed by atoms with Crippen molar-refractivity contribution in [2.45, 2.75) is 18.8 Å². The Morgan fingerprint density at radius 3 is 2.58 bits per heavy atom. The Kier molecular flexibility index (Phi) is 6.48. The number of halogens is 1. The molecule has 4 rings (SSSR count). The van der Waals surface area contributed by atoms with E-state index in [1.165, 1.54) is 11.3 Å². The lowest BCUT2D eigenvalue weighted by Crippen LogP contribution is -2.39. The van der Waals surface area contributed by atoms with Crippen molar-refractivity contribution in [3.63, 3.8) is 0 Å². The first-order valence-corrected chi connectivity index (χ1v) is 11.1. The number of hydrogen-bond donors (Lipinski definition) is 1. The number of amides is 2. The van der Waals surface area contributed by atoms with Crippen molar-refractivity contribution in [3.05, 3.63) is 69.1 Å². The molecule has 9 heteroatoms. The number of aromatic nitrogens is 2. The van der Waals surface area contributed by atoms with E-state index in [1.807, 2.05) is 4.90 Å². The van der Waals surface area contributed by atoms with Crippen LogP contribution in [0, 0.1) is 0 Å². The van der Waals surface area contributed by atoms with E-state index < -0.39 is 0 Å². The molecule has 1 fully saturated rings. The van der Waals surface area contributed by atoms with Crippen LogP contribution in [0.3, 0.4) is 0 Å². The highest BCUT2D eigenvalue weighted by atomic mass is 35.5. The lowest BCUT2D eigenvalue weighted by Gasteiger charge is -2.31. The fourth-order valence-corrected chi connectivity index (χ4v) is 4.48. The van der Waals surface area contributed by atoms with Gasteiger partial charge in [-0.05, 0) is 61.4 Å². The molecule has 0 spiro atoms. The molecule has 1 aliphatic heterocycles. The number of nitrogens with one attached hydrogen (secondary N) is 1. The number of hydrogen-bond acceptors (Lipinski definition) is 6. The smallest absolute Gasteiger partial charge is 0.286 e. The van der Waals surface area contributed by atoms with E-state index in [2.05, 4.69) is 15.5 Å². The van der Waals surface area contributed by atoms with Gasteiger partial charge in [0, 0.05) is 35.3 Å².